The van der Waals surface area contributed by atoms with Gasteiger partial charge in [0.2, 0.25) is 11.6 Å². The SMILES string of the molecule is COc1cc(C(=O)Oc2ccc(C=CC(=O)C(C)C(O)(O)C(=O)C=Cc3ccc(OC(=O)c4ccc(OCC(F)(F)F)c(OC)c4)cc3)cc2)ccc1OCC(F)(F)F. The molecule has 0 radical (unpaired) electrons. The second-order valence-corrected chi connectivity index (χ2v) is 12.3. The lowest BCUT2D eigenvalue weighted by Crippen LogP contribution is -2.46. The lowest BCUT2D eigenvalue weighted by molar-refractivity contribution is -0.196. The third-order valence-electron chi connectivity index (χ3n) is 8.02. The van der Waals surface area contributed by atoms with E-state index < -0.39 is 60.8 Å². The predicted molar refractivity (Wildman–Crippen MR) is 196 cm³/mol. The van der Waals surface area contributed by atoms with Crippen LogP contribution in [0.2, 0.25) is 0 Å². The van der Waals surface area contributed by atoms with E-state index in [4.69, 9.17) is 28.4 Å². The van der Waals surface area contributed by atoms with E-state index in [2.05, 4.69) is 0 Å². The number of methoxy groups -OCH3 is 2. The summed E-state index contributed by atoms with van der Waals surface area (Å²) < 4.78 is 105. The minimum Gasteiger partial charge on any atom is -0.493 e. The average molecular weight is 833 g/mol. The van der Waals surface area contributed by atoms with Gasteiger partial charge in [-0.15, -0.1) is 0 Å². The van der Waals surface area contributed by atoms with Crippen LogP contribution in [0.4, 0.5) is 26.3 Å². The van der Waals surface area contributed by atoms with Crippen molar-refractivity contribution in [2.24, 2.45) is 5.92 Å². The van der Waals surface area contributed by atoms with Crippen LogP contribution < -0.4 is 28.4 Å². The highest BCUT2D eigenvalue weighted by Crippen LogP contribution is 2.32. The number of benzene rings is 4. The molecule has 0 saturated carbocycles. The quantitative estimate of drug-likeness (QED) is 0.0362. The van der Waals surface area contributed by atoms with E-state index in [1.165, 1.54) is 87.0 Å². The lowest BCUT2D eigenvalue weighted by Gasteiger charge is -2.23. The second kappa shape index (κ2) is 19.2. The van der Waals surface area contributed by atoms with Crippen molar-refractivity contribution in [2.45, 2.75) is 25.1 Å². The molecular formula is C41H34F6O12. The Labute approximate surface area is 331 Å². The Bertz CT molecular complexity index is 2190. The summed E-state index contributed by atoms with van der Waals surface area (Å²) in [5, 5.41) is 21.1. The van der Waals surface area contributed by atoms with Crippen molar-refractivity contribution < 1.29 is 84.2 Å². The van der Waals surface area contributed by atoms with Crippen molar-refractivity contribution >= 4 is 35.7 Å². The normalized spacial score (nSPS) is 12.5. The molecule has 312 valence electrons. The van der Waals surface area contributed by atoms with Crippen LogP contribution in [-0.4, -0.2) is 79.3 Å². The Morgan fingerprint density at radius 2 is 0.983 bits per heavy atom. The fraction of sp³-hybridized carbons (Fsp3) is 0.220. The van der Waals surface area contributed by atoms with E-state index in [0.29, 0.717) is 11.1 Å². The maximum atomic E-state index is 12.8. The molecule has 0 aliphatic rings. The van der Waals surface area contributed by atoms with Crippen LogP contribution in [0.1, 0.15) is 38.8 Å². The Morgan fingerprint density at radius 1 is 0.593 bits per heavy atom. The van der Waals surface area contributed by atoms with E-state index >= 15 is 0 Å². The van der Waals surface area contributed by atoms with Gasteiger partial charge in [-0.2, -0.15) is 26.3 Å². The fourth-order valence-corrected chi connectivity index (χ4v) is 4.80. The molecule has 0 aliphatic carbocycles. The fourth-order valence-electron chi connectivity index (χ4n) is 4.80. The minimum absolute atomic E-state index is 0.0450. The van der Waals surface area contributed by atoms with Gasteiger partial charge < -0.3 is 38.6 Å². The number of hydrogen-bond acceptors (Lipinski definition) is 12. The van der Waals surface area contributed by atoms with Crippen LogP contribution in [0, 0.1) is 5.92 Å². The first-order valence-electron chi connectivity index (χ1n) is 17.0. The molecule has 0 aromatic heterocycles. The lowest BCUT2D eigenvalue weighted by atomic mass is 9.91. The molecule has 2 N–H and O–H groups in total. The third-order valence-corrected chi connectivity index (χ3v) is 8.02. The number of alkyl halides is 6. The summed E-state index contributed by atoms with van der Waals surface area (Å²) in [6.07, 6.45) is -4.76. The Kier molecular flexibility index (Phi) is 14.7. The van der Waals surface area contributed by atoms with E-state index in [9.17, 15) is 55.7 Å². The topological polar surface area (TPSA) is 164 Å². The summed E-state index contributed by atoms with van der Waals surface area (Å²) in [6.45, 7) is -1.99. The van der Waals surface area contributed by atoms with Crippen molar-refractivity contribution in [1.29, 1.82) is 0 Å². The zero-order chi connectivity index (χ0) is 43.5. The molecule has 59 heavy (non-hydrogen) atoms. The summed E-state index contributed by atoms with van der Waals surface area (Å²) in [5.74, 6) is -9.08. The number of hydrogen-bond donors (Lipinski definition) is 2. The highest BCUT2D eigenvalue weighted by atomic mass is 19.4. The standard InChI is InChI=1S/C41H34F6O12/c1-24(31(48)16-8-25-4-12-29(13-5-25)58-37(50)27-10-17-32(34(20-27)54-2)56-22-39(42,43)44)41(52,53)36(49)19-9-26-6-14-30(15-7-26)59-38(51)28-11-18-33(35(21-28)55-3)57-23-40(45,46)47/h4-21,24,52-53H,22-23H2,1-3H3. The third kappa shape index (κ3) is 13.2. The van der Waals surface area contributed by atoms with Gasteiger partial charge in [0.15, 0.2) is 42.0 Å². The molecule has 0 fully saturated rings. The van der Waals surface area contributed by atoms with Crippen LogP contribution in [0.15, 0.2) is 97.1 Å². The average Bonchev–Trinajstić information content (AvgIpc) is 3.20. The minimum atomic E-state index is -4.58. The highest BCUT2D eigenvalue weighted by Gasteiger charge is 2.41. The molecule has 4 aromatic carbocycles. The van der Waals surface area contributed by atoms with Crippen LogP contribution in [0.3, 0.4) is 0 Å². The number of rotatable bonds is 17. The van der Waals surface area contributed by atoms with Gasteiger partial charge in [-0.05, 0) is 90.9 Å². The van der Waals surface area contributed by atoms with Gasteiger partial charge in [-0.1, -0.05) is 36.4 Å². The number of allylic oxidation sites excluding steroid dienone is 1. The highest BCUT2D eigenvalue weighted by molar-refractivity contribution is 6.05. The number of aliphatic hydroxyl groups is 2. The summed E-state index contributed by atoms with van der Waals surface area (Å²) in [6, 6.07) is 18.2. The molecule has 0 spiro atoms. The molecule has 4 rings (SSSR count). The number of halogens is 6. The van der Waals surface area contributed by atoms with Gasteiger partial charge in [0.05, 0.1) is 31.3 Å². The Morgan fingerprint density at radius 3 is 1.36 bits per heavy atom. The second-order valence-electron chi connectivity index (χ2n) is 12.3. The molecule has 0 amide bonds. The number of esters is 2. The van der Waals surface area contributed by atoms with Gasteiger partial charge in [-0.25, -0.2) is 9.59 Å². The van der Waals surface area contributed by atoms with Gasteiger partial charge in [0, 0.05) is 0 Å². The van der Waals surface area contributed by atoms with Crippen LogP contribution in [-0.2, 0) is 9.59 Å². The maximum Gasteiger partial charge on any atom is 0.422 e. The van der Waals surface area contributed by atoms with Crippen molar-refractivity contribution in [3.8, 4) is 34.5 Å². The van der Waals surface area contributed by atoms with Gasteiger partial charge >= 0.3 is 24.3 Å². The molecule has 0 bridgehead atoms. The molecular weight excluding hydrogens is 798 g/mol. The van der Waals surface area contributed by atoms with E-state index in [1.807, 2.05) is 0 Å². The largest absolute Gasteiger partial charge is 0.493 e. The molecule has 1 unspecified atom stereocenters. The summed E-state index contributed by atoms with van der Waals surface area (Å²) in [5.41, 5.74) is 0.688. The Hall–Kier alpha value is -6.66. The molecule has 0 heterocycles. The Balaban J connectivity index is 1.30. The van der Waals surface area contributed by atoms with Crippen LogP contribution in [0.5, 0.6) is 34.5 Å². The molecule has 4 aromatic rings. The first-order chi connectivity index (χ1) is 27.7. The molecule has 0 saturated heterocycles. The molecule has 18 heteroatoms. The smallest absolute Gasteiger partial charge is 0.422 e. The van der Waals surface area contributed by atoms with Gasteiger partial charge in [0.1, 0.15) is 11.5 Å². The number of ether oxygens (including phenoxy) is 6. The monoisotopic (exact) mass is 832 g/mol. The number of carbonyl (C=O) groups is 4. The first-order valence-corrected chi connectivity index (χ1v) is 17.0. The van der Waals surface area contributed by atoms with E-state index in [0.717, 1.165) is 43.3 Å². The van der Waals surface area contributed by atoms with E-state index in [-0.39, 0.29) is 45.6 Å². The molecule has 12 nitrogen and oxygen atoms in total. The summed E-state index contributed by atoms with van der Waals surface area (Å²) in [4.78, 5) is 50.8. The molecule has 0 aliphatic heterocycles. The predicted octanol–water partition coefficient (Wildman–Crippen LogP) is 7.21. The van der Waals surface area contributed by atoms with Gasteiger partial charge in [0.25, 0.3) is 0 Å². The van der Waals surface area contributed by atoms with Gasteiger partial charge in [-0.3, -0.25) is 9.59 Å². The number of carbonyl (C=O) groups excluding carboxylic acids is 4. The van der Waals surface area contributed by atoms with Crippen molar-refractivity contribution in [3.63, 3.8) is 0 Å². The zero-order valence-corrected chi connectivity index (χ0v) is 31.1. The zero-order valence-electron chi connectivity index (χ0n) is 31.1. The van der Waals surface area contributed by atoms with Crippen molar-refractivity contribution in [2.75, 3.05) is 27.4 Å². The molecule has 1 atom stereocenters. The number of ketones is 2. The van der Waals surface area contributed by atoms with Crippen molar-refractivity contribution in [3.05, 3.63) is 119 Å². The summed E-state index contributed by atoms with van der Waals surface area (Å²) in [7, 11) is 2.37. The van der Waals surface area contributed by atoms with Crippen LogP contribution in [0.25, 0.3) is 12.2 Å². The van der Waals surface area contributed by atoms with Crippen molar-refractivity contribution in [1.82, 2.24) is 0 Å². The first kappa shape index (κ1) is 45.0. The summed E-state index contributed by atoms with van der Waals surface area (Å²) >= 11 is 0. The van der Waals surface area contributed by atoms with E-state index in [1.54, 1.807) is 0 Å². The van der Waals surface area contributed by atoms with Crippen LogP contribution >= 0.6 is 0 Å². The maximum absolute atomic E-state index is 12.8.